The summed E-state index contributed by atoms with van der Waals surface area (Å²) in [5, 5.41) is 9.17. The van der Waals surface area contributed by atoms with Crippen molar-refractivity contribution in [3.05, 3.63) is 24.5 Å². The summed E-state index contributed by atoms with van der Waals surface area (Å²) < 4.78 is 0. The Bertz CT molecular complexity index is 900. The van der Waals surface area contributed by atoms with Gasteiger partial charge in [0.1, 0.15) is 13.9 Å². The summed E-state index contributed by atoms with van der Waals surface area (Å²) in [5.41, 5.74) is 2.00. The fourth-order valence-electron chi connectivity index (χ4n) is 3.16. The van der Waals surface area contributed by atoms with E-state index in [2.05, 4.69) is 15.0 Å². The van der Waals surface area contributed by atoms with Gasteiger partial charge in [-0.1, -0.05) is 0 Å². The lowest BCUT2D eigenvalue weighted by Crippen LogP contribution is -2.40. The first-order valence-corrected chi connectivity index (χ1v) is 7.44. The number of aromatic nitrogens is 2. The number of carbonyl (C=O) groups excluding carboxylic acids is 1. The standard InChI is InChI=1S/C15H12BN5O3/c16-12-9(2-1-8-13(12)18-4-3-17-8)21-10(7-11(22)23)14(24)20-6-5-19-15(20)21/h1-4,10H,5-7H2,(H,22,23). The largest absolute Gasteiger partial charge is 0.481 e. The molecular formula is C15H12BN5O3. The molecule has 118 valence electrons. The number of rotatable bonds is 3. The van der Waals surface area contributed by atoms with E-state index in [1.807, 2.05) is 0 Å². The molecule has 2 aliphatic rings. The van der Waals surface area contributed by atoms with Crippen molar-refractivity contribution in [3.63, 3.8) is 0 Å². The summed E-state index contributed by atoms with van der Waals surface area (Å²) in [6.07, 6.45) is 2.77. The van der Waals surface area contributed by atoms with E-state index in [0.717, 1.165) is 0 Å². The minimum absolute atomic E-state index is 0.271. The summed E-state index contributed by atoms with van der Waals surface area (Å²) in [4.78, 5) is 39.6. The van der Waals surface area contributed by atoms with Gasteiger partial charge in [0.15, 0.2) is 0 Å². The van der Waals surface area contributed by atoms with E-state index in [0.29, 0.717) is 41.2 Å². The van der Waals surface area contributed by atoms with Crippen LogP contribution in [-0.4, -0.2) is 64.8 Å². The Hall–Kier alpha value is -2.97. The number of carbonyl (C=O) groups is 2. The van der Waals surface area contributed by atoms with Gasteiger partial charge in [0.2, 0.25) is 5.96 Å². The van der Waals surface area contributed by atoms with Crippen molar-refractivity contribution in [2.24, 2.45) is 4.99 Å². The summed E-state index contributed by atoms with van der Waals surface area (Å²) >= 11 is 0. The van der Waals surface area contributed by atoms with Gasteiger partial charge in [-0.3, -0.25) is 34.3 Å². The molecule has 1 saturated heterocycles. The Morgan fingerprint density at radius 1 is 1.33 bits per heavy atom. The average Bonchev–Trinajstić information content (AvgIpc) is 3.12. The average molecular weight is 321 g/mol. The molecular weight excluding hydrogens is 309 g/mol. The molecule has 8 nitrogen and oxygen atoms in total. The Kier molecular flexibility index (Phi) is 3.22. The highest BCUT2D eigenvalue weighted by molar-refractivity contribution is 6.42. The Labute approximate surface area is 138 Å². The lowest BCUT2D eigenvalue weighted by Gasteiger charge is -2.25. The summed E-state index contributed by atoms with van der Waals surface area (Å²) in [7, 11) is 6.24. The van der Waals surface area contributed by atoms with E-state index in [-0.39, 0.29) is 12.3 Å². The fourth-order valence-corrected chi connectivity index (χ4v) is 3.16. The molecule has 1 amide bonds. The van der Waals surface area contributed by atoms with Crippen molar-refractivity contribution in [3.8, 4) is 0 Å². The van der Waals surface area contributed by atoms with Crippen LogP contribution in [0.5, 0.6) is 0 Å². The maximum atomic E-state index is 12.6. The molecule has 1 atom stereocenters. The zero-order valence-electron chi connectivity index (χ0n) is 12.6. The number of benzene rings is 1. The van der Waals surface area contributed by atoms with Gasteiger partial charge < -0.3 is 5.11 Å². The van der Waals surface area contributed by atoms with Gasteiger partial charge in [0, 0.05) is 24.6 Å². The number of hydrogen-bond donors (Lipinski definition) is 1. The van der Waals surface area contributed by atoms with Crippen LogP contribution < -0.4 is 10.4 Å². The predicted octanol–water partition coefficient (Wildman–Crippen LogP) is -0.715. The van der Waals surface area contributed by atoms with Gasteiger partial charge in [-0.2, -0.15) is 0 Å². The van der Waals surface area contributed by atoms with Crippen LogP contribution in [0.25, 0.3) is 11.0 Å². The van der Waals surface area contributed by atoms with Crippen molar-refractivity contribution in [1.82, 2.24) is 14.9 Å². The number of amides is 1. The Morgan fingerprint density at radius 2 is 2.12 bits per heavy atom. The quantitative estimate of drug-likeness (QED) is 0.750. The molecule has 1 aromatic carbocycles. The molecule has 1 N–H and O–H groups in total. The van der Waals surface area contributed by atoms with E-state index >= 15 is 0 Å². The summed E-state index contributed by atoms with van der Waals surface area (Å²) in [5.74, 6) is -0.882. The van der Waals surface area contributed by atoms with Gasteiger partial charge in [-0.15, -0.1) is 0 Å². The summed E-state index contributed by atoms with van der Waals surface area (Å²) in [6, 6.07) is 2.60. The normalized spacial score (nSPS) is 19.8. The van der Waals surface area contributed by atoms with Crippen LogP contribution >= 0.6 is 0 Å². The number of aliphatic imine (C=N–C) groups is 1. The monoisotopic (exact) mass is 321 g/mol. The van der Waals surface area contributed by atoms with E-state index in [4.69, 9.17) is 13.0 Å². The van der Waals surface area contributed by atoms with Crippen molar-refractivity contribution in [1.29, 1.82) is 0 Å². The van der Waals surface area contributed by atoms with E-state index in [1.54, 1.807) is 23.2 Å². The van der Waals surface area contributed by atoms with Crippen molar-refractivity contribution >= 4 is 47.9 Å². The second kappa shape index (κ2) is 5.29. The van der Waals surface area contributed by atoms with E-state index in [1.165, 1.54) is 11.1 Å². The van der Waals surface area contributed by atoms with E-state index in [9.17, 15) is 9.59 Å². The second-order valence-electron chi connectivity index (χ2n) is 5.58. The van der Waals surface area contributed by atoms with Crippen LogP contribution in [-0.2, 0) is 9.59 Å². The highest BCUT2D eigenvalue weighted by Gasteiger charge is 2.47. The lowest BCUT2D eigenvalue weighted by molar-refractivity contribution is -0.140. The number of hydrogen-bond acceptors (Lipinski definition) is 6. The highest BCUT2D eigenvalue weighted by Crippen LogP contribution is 2.29. The maximum Gasteiger partial charge on any atom is 0.306 e. The molecule has 0 saturated carbocycles. The van der Waals surface area contributed by atoms with Crippen LogP contribution in [0.3, 0.4) is 0 Å². The molecule has 0 spiro atoms. The molecule has 2 radical (unpaired) electrons. The van der Waals surface area contributed by atoms with Gasteiger partial charge in [0.05, 0.1) is 24.0 Å². The first kappa shape index (κ1) is 14.6. The third-order valence-electron chi connectivity index (χ3n) is 4.18. The maximum absolute atomic E-state index is 12.6. The second-order valence-corrected chi connectivity index (χ2v) is 5.58. The predicted molar refractivity (Wildman–Crippen MR) is 87.5 cm³/mol. The van der Waals surface area contributed by atoms with Gasteiger partial charge in [-0.05, 0) is 17.6 Å². The smallest absolute Gasteiger partial charge is 0.306 e. The topological polar surface area (TPSA) is 99.0 Å². The first-order chi connectivity index (χ1) is 11.6. The van der Waals surface area contributed by atoms with Crippen LogP contribution in [0.15, 0.2) is 29.5 Å². The Balaban J connectivity index is 1.87. The molecule has 0 aliphatic carbocycles. The number of fused-ring (bicyclic) bond motifs is 2. The number of carboxylic acid groups (broad SMARTS) is 1. The molecule has 2 aromatic rings. The molecule has 24 heavy (non-hydrogen) atoms. The number of carboxylic acids is 1. The minimum Gasteiger partial charge on any atom is -0.481 e. The van der Waals surface area contributed by atoms with Crippen LogP contribution in [0.2, 0.25) is 0 Å². The number of aliphatic carboxylic acids is 1. The SMILES string of the molecule is [B]c1c(N2C3=NCCN3C(=O)C2CC(=O)O)ccc2nccnc12. The van der Waals surface area contributed by atoms with Crippen LogP contribution in [0.4, 0.5) is 5.69 Å². The molecule has 3 heterocycles. The first-order valence-electron chi connectivity index (χ1n) is 7.44. The van der Waals surface area contributed by atoms with Gasteiger partial charge in [-0.25, -0.2) is 0 Å². The molecule has 4 rings (SSSR count). The van der Waals surface area contributed by atoms with Crippen LogP contribution in [0.1, 0.15) is 6.42 Å². The van der Waals surface area contributed by atoms with E-state index < -0.39 is 12.0 Å². The van der Waals surface area contributed by atoms with Crippen LogP contribution in [0, 0.1) is 0 Å². The highest BCUT2D eigenvalue weighted by atomic mass is 16.4. The minimum atomic E-state index is -1.06. The fraction of sp³-hybridized carbons (Fsp3) is 0.267. The van der Waals surface area contributed by atoms with Gasteiger partial charge >= 0.3 is 5.97 Å². The van der Waals surface area contributed by atoms with Gasteiger partial charge in [0.25, 0.3) is 5.91 Å². The number of guanidine groups is 1. The molecule has 1 aromatic heterocycles. The van der Waals surface area contributed by atoms with Crippen molar-refractivity contribution < 1.29 is 14.7 Å². The molecule has 1 unspecified atom stereocenters. The zero-order valence-corrected chi connectivity index (χ0v) is 12.6. The molecule has 9 heteroatoms. The third kappa shape index (κ3) is 2.04. The number of anilines is 1. The summed E-state index contributed by atoms with van der Waals surface area (Å²) in [6.45, 7) is 0.943. The lowest BCUT2D eigenvalue weighted by atomic mass is 9.91. The molecule has 1 fully saturated rings. The zero-order chi connectivity index (χ0) is 16.8. The molecule has 2 aliphatic heterocycles. The van der Waals surface area contributed by atoms with Crippen molar-refractivity contribution in [2.75, 3.05) is 18.0 Å². The third-order valence-corrected chi connectivity index (χ3v) is 4.18. The molecule has 0 bridgehead atoms. The number of nitrogens with zero attached hydrogens (tertiary/aromatic N) is 5. The Morgan fingerprint density at radius 3 is 2.92 bits per heavy atom. The van der Waals surface area contributed by atoms with Crippen molar-refractivity contribution in [2.45, 2.75) is 12.5 Å².